The maximum absolute atomic E-state index is 9.92. The van der Waals surface area contributed by atoms with Gasteiger partial charge in [0.1, 0.15) is 5.25 Å². The van der Waals surface area contributed by atoms with Gasteiger partial charge in [0.2, 0.25) is 0 Å². The summed E-state index contributed by atoms with van der Waals surface area (Å²) in [4.78, 5) is 9.92. The van der Waals surface area contributed by atoms with Gasteiger partial charge in [0.25, 0.3) is 0 Å². The van der Waals surface area contributed by atoms with Gasteiger partial charge < -0.3 is 15.6 Å². The third kappa shape index (κ3) is 6.41. The number of rotatable bonds is 3. The van der Waals surface area contributed by atoms with Gasteiger partial charge in [-0.2, -0.15) is 12.6 Å². The second-order valence-corrected chi connectivity index (χ2v) is 2.10. The minimum atomic E-state index is -1.17. The Balaban J connectivity index is 0. The summed E-state index contributed by atoms with van der Waals surface area (Å²) in [6.07, 6.45) is -0.335. The monoisotopic (exact) mass is 171 g/mol. The van der Waals surface area contributed by atoms with Gasteiger partial charge in [-0.15, -0.1) is 0 Å². The van der Waals surface area contributed by atoms with Crippen molar-refractivity contribution >= 4 is 24.5 Å². The minimum Gasteiger partial charge on any atom is -0.862 e. The molecule has 0 saturated heterocycles. The van der Waals surface area contributed by atoms with Crippen LogP contribution in [0.3, 0.4) is 0 Å². The van der Waals surface area contributed by atoms with Crippen LogP contribution in [0.4, 0.5) is 0 Å². The molecule has 0 saturated carbocycles. The molecular weight excluding hydrogens is 165 g/mol. The first-order chi connectivity index (χ1) is 4.04. The van der Waals surface area contributed by atoms with Crippen molar-refractivity contribution < 1.29 is 44.6 Å². The zero-order chi connectivity index (χ0) is 7.44. The second kappa shape index (κ2) is 6.03. The summed E-state index contributed by atoms with van der Waals surface area (Å²) in [6, 6.07) is 0. The molecule has 0 aliphatic heterocycles. The van der Waals surface area contributed by atoms with Crippen LogP contribution >= 0.6 is 12.6 Å². The Kier molecular flexibility index (Phi) is 7.79. The van der Waals surface area contributed by atoms with Crippen molar-refractivity contribution in [3.05, 3.63) is 0 Å². The zero-order valence-electron chi connectivity index (χ0n) is 5.50. The van der Waals surface area contributed by atoms with Crippen molar-refractivity contribution in [3.63, 3.8) is 0 Å². The molecule has 0 unspecified atom stereocenters. The summed E-state index contributed by atoms with van der Waals surface area (Å²) in [5.41, 5.74) is 0. The first-order valence-corrected chi connectivity index (χ1v) is 2.71. The Morgan fingerprint density at radius 3 is 2.30 bits per heavy atom. The maximum Gasteiger partial charge on any atom is 1.00 e. The van der Waals surface area contributed by atoms with Crippen LogP contribution in [0.15, 0.2) is 0 Å². The van der Waals surface area contributed by atoms with Crippen LogP contribution in [0.5, 0.6) is 0 Å². The van der Waals surface area contributed by atoms with Gasteiger partial charge in [-0.25, -0.2) is 0 Å². The molecule has 0 aromatic carbocycles. The van der Waals surface area contributed by atoms with E-state index in [1.807, 2.05) is 0 Å². The number of carboxylic acids is 1. The molecule has 4 nitrogen and oxygen atoms in total. The van der Waals surface area contributed by atoms with Gasteiger partial charge in [0.05, 0.1) is 0 Å². The van der Waals surface area contributed by atoms with Gasteiger partial charge >= 0.3 is 35.5 Å². The SMILES string of the molecule is N=C([O-])C[C@H](S)C(=O)O.[Na+]. The Bertz CT molecular complexity index is 140. The van der Waals surface area contributed by atoms with Gasteiger partial charge in [0.15, 0.2) is 0 Å². The van der Waals surface area contributed by atoms with E-state index in [4.69, 9.17) is 10.5 Å². The summed E-state index contributed by atoms with van der Waals surface area (Å²) in [5.74, 6) is -2.07. The van der Waals surface area contributed by atoms with Crippen molar-refractivity contribution in [2.24, 2.45) is 0 Å². The molecule has 0 aromatic rings. The predicted octanol–water partition coefficient (Wildman–Crippen LogP) is -3.90. The van der Waals surface area contributed by atoms with Crippen LogP contribution in [-0.2, 0) is 4.79 Å². The minimum absolute atomic E-state index is 0. The molecule has 0 rings (SSSR count). The first kappa shape index (κ1) is 12.9. The summed E-state index contributed by atoms with van der Waals surface area (Å²) in [7, 11) is 0. The van der Waals surface area contributed by atoms with Crippen molar-refractivity contribution in [3.8, 4) is 0 Å². The van der Waals surface area contributed by atoms with Crippen LogP contribution in [0.1, 0.15) is 6.42 Å². The molecule has 0 amide bonds. The number of nitrogens with one attached hydrogen (secondary N) is 1. The molecule has 0 aliphatic carbocycles. The average Bonchev–Trinajstić information content (AvgIpc) is 1.63. The van der Waals surface area contributed by atoms with Gasteiger partial charge in [0, 0.05) is 0 Å². The van der Waals surface area contributed by atoms with Crippen molar-refractivity contribution in [2.45, 2.75) is 11.7 Å². The Morgan fingerprint density at radius 2 is 2.20 bits per heavy atom. The molecular formula is C4H6NNaO3S. The molecule has 0 fully saturated rings. The largest absolute Gasteiger partial charge is 1.00 e. The van der Waals surface area contributed by atoms with E-state index < -0.39 is 17.1 Å². The maximum atomic E-state index is 9.92. The molecule has 0 aliphatic rings. The van der Waals surface area contributed by atoms with E-state index in [0.29, 0.717) is 0 Å². The Labute approximate surface area is 85.8 Å². The first-order valence-electron chi connectivity index (χ1n) is 2.19. The third-order valence-electron chi connectivity index (χ3n) is 0.664. The van der Waals surface area contributed by atoms with E-state index >= 15 is 0 Å². The van der Waals surface area contributed by atoms with Crippen molar-refractivity contribution in [2.75, 3.05) is 0 Å². The number of hydrogen-bond acceptors (Lipinski definition) is 4. The predicted molar refractivity (Wildman–Crippen MR) is 32.8 cm³/mol. The molecule has 1 atom stereocenters. The summed E-state index contributed by atoms with van der Waals surface area (Å²) >= 11 is 3.52. The van der Waals surface area contributed by atoms with Gasteiger partial charge in [-0.1, -0.05) is 0 Å². The van der Waals surface area contributed by atoms with E-state index in [0.717, 1.165) is 0 Å². The van der Waals surface area contributed by atoms with Crippen molar-refractivity contribution in [1.82, 2.24) is 0 Å². The average molecular weight is 171 g/mol. The molecule has 0 aromatic heterocycles. The van der Waals surface area contributed by atoms with E-state index in [1.165, 1.54) is 0 Å². The number of hydrogen-bond donors (Lipinski definition) is 3. The fraction of sp³-hybridized carbons (Fsp3) is 0.500. The third-order valence-corrected chi connectivity index (χ3v) is 1.07. The fourth-order valence-electron chi connectivity index (χ4n) is 0.263. The quantitative estimate of drug-likeness (QED) is 0.176. The molecule has 10 heavy (non-hydrogen) atoms. The number of aliphatic carboxylic acids is 1. The van der Waals surface area contributed by atoms with Crippen LogP contribution in [0, 0.1) is 5.41 Å². The van der Waals surface area contributed by atoms with E-state index in [1.54, 1.807) is 0 Å². The normalized spacial score (nSPS) is 11.3. The molecule has 52 valence electrons. The van der Waals surface area contributed by atoms with Gasteiger partial charge in [-0.3, -0.25) is 4.79 Å². The zero-order valence-corrected chi connectivity index (χ0v) is 8.39. The number of carboxylic acid groups (broad SMARTS) is 1. The van der Waals surface area contributed by atoms with Crippen LogP contribution in [0.2, 0.25) is 0 Å². The van der Waals surface area contributed by atoms with E-state index in [9.17, 15) is 9.90 Å². The van der Waals surface area contributed by atoms with Crippen molar-refractivity contribution in [1.29, 1.82) is 5.41 Å². The topological polar surface area (TPSA) is 84.2 Å². The molecule has 0 spiro atoms. The summed E-state index contributed by atoms with van der Waals surface area (Å²) in [5, 5.41) is 23.3. The van der Waals surface area contributed by atoms with Crippen LogP contribution in [-0.4, -0.2) is 22.2 Å². The van der Waals surface area contributed by atoms with Crippen LogP contribution < -0.4 is 34.7 Å². The second-order valence-electron chi connectivity index (χ2n) is 1.48. The van der Waals surface area contributed by atoms with Crippen LogP contribution in [0.25, 0.3) is 0 Å². The number of thiol groups is 1. The molecule has 0 bridgehead atoms. The van der Waals surface area contributed by atoms with Gasteiger partial charge in [-0.05, 0) is 12.3 Å². The molecule has 2 N–H and O–H groups in total. The fourth-order valence-corrected chi connectivity index (χ4v) is 0.429. The molecule has 0 radical (unpaired) electrons. The molecule has 6 heteroatoms. The Hall–Kier alpha value is 0.290. The molecule has 0 heterocycles. The van der Waals surface area contributed by atoms with E-state index in [2.05, 4.69) is 12.6 Å². The standard InChI is InChI=1S/C4H7NO3S.Na/c5-3(6)1-2(9)4(7)8;/h2,9H,1H2,(H2,5,6)(H,7,8);/q;+1/p-1/t2-;/m0./s1. The Morgan fingerprint density at radius 1 is 1.80 bits per heavy atom. The smallest absolute Gasteiger partial charge is 0.862 e. The van der Waals surface area contributed by atoms with E-state index in [-0.39, 0.29) is 36.0 Å². The number of carbonyl (C=O) groups is 1. The summed E-state index contributed by atoms with van der Waals surface area (Å²) < 4.78 is 0. The summed E-state index contributed by atoms with van der Waals surface area (Å²) in [6.45, 7) is 0.